The molecule has 0 atom stereocenters. The van der Waals surface area contributed by atoms with E-state index in [9.17, 15) is 0 Å². The van der Waals surface area contributed by atoms with Crippen LogP contribution in [0.4, 0.5) is 5.69 Å². The third kappa shape index (κ3) is 4.00. The summed E-state index contributed by atoms with van der Waals surface area (Å²) < 4.78 is 0. The smallest absolute Gasteiger partial charge is 0.218 e. The summed E-state index contributed by atoms with van der Waals surface area (Å²) >= 11 is 0. The number of rotatable bonds is 3. The zero-order valence-electron chi connectivity index (χ0n) is 9.57. The van der Waals surface area contributed by atoms with Crippen molar-refractivity contribution < 1.29 is 0 Å². The predicted octanol–water partition coefficient (Wildman–Crippen LogP) is 0.952. The highest BCUT2D eigenvalue weighted by Gasteiger charge is 1.98. The van der Waals surface area contributed by atoms with Crippen molar-refractivity contribution in [2.75, 3.05) is 26.0 Å². The van der Waals surface area contributed by atoms with Gasteiger partial charge in [0.05, 0.1) is 6.54 Å². The van der Waals surface area contributed by atoms with Crippen LogP contribution in [0.5, 0.6) is 0 Å². The van der Waals surface area contributed by atoms with Gasteiger partial charge in [-0.1, -0.05) is 18.2 Å². The Hall–Kier alpha value is -2.04. The molecule has 0 radical (unpaired) electrons. The number of benzene rings is 1. The monoisotopic (exact) mass is 219 g/mol. The van der Waals surface area contributed by atoms with E-state index >= 15 is 0 Å². The molecular formula is C11H17N5. The van der Waals surface area contributed by atoms with Gasteiger partial charge < -0.3 is 16.0 Å². The molecule has 0 saturated carbocycles. The largest absolute Gasteiger partial charge is 0.386 e. The Labute approximate surface area is 95.5 Å². The van der Waals surface area contributed by atoms with Crippen molar-refractivity contribution >= 4 is 17.5 Å². The second-order valence-electron chi connectivity index (χ2n) is 3.54. The second-order valence-corrected chi connectivity index (χ2v) is 3.54. The maximum absolute atomic E-state index is 7.49. The van der Waals surface area contributed by atoms with Crippen LogP contribution >= 0.6 is 0 Å². The fourth-order valence-corrected chi connectivity index (χ4v) is 1.02. The van der Waals surface area contributed by atoms with Gasteiger partial charge in [0.2, 0.25) is 5.96 Å². The number of guanidine groups is 1. The van der Waals surface area contributed by atoms with Gasteiger partial charge in [-0.05, 0) is 12.1 Å². The first-order valence-corrected chi connectivity index (χ1v) is 4.97. The van der Waals surface area contributed by atoms with E-state index < -0.39 is 0 Å². The average Bonchev–Trinajstić information content (AvgIpc) is 2.27. The average molecular weight is 219 g/mol. The van der Waals surface area contributed by atoms with Gasteiger partial charge in [-0.15, -0.1) is 0 Å². The van der Waals surface area contributed by atoms with E-state index in [1.165, 1.54) is 0 Å². The van der Waals surface area contributed by atoms with Crippen LogP contribution in [0.2, 0.25) is 0 Å². The Kier molecular flexibility index (Phi) is 4.32. The van der Waals surface area contributed by atoms with Gasteiger partial charge in [-0.2, -0.15) is 4.99 Å². The first kappa shape index (κ1) is 12.0. The number of anilines is 1. The zero-order chi connectivity index (χ0) is 12.0. The van der Waals surface area contributed by atoms with Crippen molar-refractivity contribution in [2.45, 2.75) is 0 Å². The molecule has 0 fully saturated rings. The highest BCUT2D eigenvalue weighted by molar-refractivity contribution is 5.95. The minimum absolute atomic E-state index is 0.146. The summed E-state index contributed by atoms with van der Waals surface area (Å²) in [4.78, 5) is 5.53. The SMILES string of the molecule is CN(C)C(=N)N=C(N)CNc1ccccc1. The van der Waals surface area contributed by atoms with E-state index in [1.54, 1.807) is 19.0 Å². The minimum Gasteiger partial charge on any atom is -0.386 e. The van der Waals surface area contributed by atoms with Crippen LogP contribution in [0.3, 0.4) is 0 Å². The molecule has 0 amide bonds. The summed E-state index contributed by atoms with van der Waals surface area (Å²) in [6.07, 6.45) is 0. The molecule has 16 heavy (non-hydrogen) atoms. The molecule has 86 valence electrons. The zero-order valence-corrected chi connectivity index (χ0v) is 9.57. The van der Waals surface area contributed by atoms with E-state index in [0.29, 0.717) is 12.4 Å². The van der Waals surface area contributed by atoms with Gasteiger partial charge in [0.25, 0.3) is 0 Å². The standard InChI is InChI=1S/C11H17N5/c1-16(2)11(13)15-10(12)8-14-9-6-4-3-5-7-9/h3-7,14H,8H2,1-2H3,(H3,12,13,15). The Bertz CT molecular complexity index is 369. The highest BCUT2D eigenvalue weighted by atomic mass is 15.2. The van der Waals surface area contributed by atoms with Crippen LogP contribution in [-0.2, 0) is 0 Å². The molecule has 0 unspecified atom stereocenters. The molecule has 0 heterocycles. The van der Waals surface area contributed by atoms with Crippen LogP contribution in [0.25, 0.3) is 0 Å². The first-order chi connectivity index (χ1) is 7.59. The molecule has 0 aliphatic heterocycles. The quantitative estimate of drug-likeness (QED) is 0.523. The molecule has 1 rings (SSSR count). The molecular weight excluding hydrogens is 202 g/mol. The summed E-state index contributed by atoms with van der Waals surface area (Å²) in [5.41, 5.74) is 6.66. The maximum atomic E-state index is 7.49. The van der Waals surface area contributed by atoms with Crippen LogP contribution in [0, 0.1) is 5.41 Å². The minimum atomic E-state index is 0.146. The molecule has 0 aliphatic carbocycles. The van der Waals surface area contributed by atoms with Crippen LogP contribution < -0.4 is 11.1 Å². The van der Waals surface area contributed by atoms with Crippen LogP contribution in [-0.4, -0.2) is 37.3 Å². The number of aliphatic imine (C=N–C) groups is 1. The van der Waals surface area contributed by atoms with Crippen molar-refractivity contribution in [3.05, 3.63) is 30.3 Å². The third-order valence-corrected chi connectivity index (χ3v) is 1.92. The van der Waals surface area contributed by atoms with Crippen molar-refractivity contribution in [3.63, 3.8) is 0 Å². The summed E-state index contributed by atoms with van der Waals surface area (Å²) in [7, 11) is 3.51. The van der Waals surface area contributed by atoms with E-state index in [1.807, 2.05) is 30.3 Å². The lowest BCUT2D eigenvalue weighted by molar-refractivity contribution is 0.609. The molecule has 0 spiro atoms. The van der Waals surface area contributed by atoms with Crippen molar-refractivity contribution in [1.82, 2.24) is 4.90 Å². The van der Waals surface area contributed by atoms with Crippen LogP contribution in [0.1, 0.15) is 0 Å². The molecule has 5 heteroatoms. The highest BCUT2D eigenvalue weighted by Crippen LogP contribution is 2.03. The third-order valence-electron chi connectivity index (χ3n) is 1.92. The lowest BCUT2D eigenvalue weighted by atomic mass is 10.3. The lowest BCUT2D eigenvalue weighted by Crippen LogP contribution is -2.27. The van der Waals surface area contributed by atoms with Gasteiger partial charge in [-0.3, -0.25) is 5.41 Å². The van der Waals surface area contributed by atoms with Gasteiger partial charge in [0, 0.05) is 19.8 Å². The summed E-state index contributed by atoms with van der Waals surface area (Å²) in [5, 5.41) is 10.6. The van der Waals surface area contributed by atoms with Crippen molar-refractivity contribution in [1.29, 1.82) is 5.41 Å². The van der Waals surface area contributed by atoms with Crippen LogP contribution in [0.15, 0.2) is 35.3 Å². The molecule has 4 N–H and O–H groups in total. The Morgan fingerprint density at radius 1 is 1.38 bits per heavy atom. The number of para-hydroxylation sites is 1. The number of hydrogen-bond acceptors (Lipinski definition) is 2. The maximum Gasteiger partial charge on any atom is 0.218 e. The van der Waals surface area contributed by atoms with Crippen molar-refractivity contribution in [2.24, 2.45) is 10.7 Å². The molecule has 0 aromatic heterocycles. The summed E-state index contributed by atoms with van der Waals surface area (Å²) in [6.45, 7) is 0.431. The van der Waals surface area contributed by atoms with Crippen molar-refractivity contribution in [3.8, 4) is 0 Å². The summed E-state index contributed by atoms with van der Waals surface area (Å²) in [5.74, 6) is 0.537. The summed E-state index contributed by atoms with van der Waals surface area (Å²) in [6, 6.07) is 9.73. The number of nitrogens with one attached hydrogen (secondary N) is 2. The molecule has 5 nitrogen and oxygen atoms in total. The fraction of sp³-hybridized carbons (Fsp3) is 0.273. The number of amidine groups is 1. The molecule has 0 aliphatic rings. The van der Waals surface area contributed by atoms with Gasteiger partial charge in [-0.25, -0.2) is 0 Å². The second kappa shape index (κ2) is 5.75. The van der Waals surface area contributed by atoms with E-state index in [2.05, 4.69) is 10.3 Å². The van der Waals surface area contributed by atoms with Gasteiger partial charge in [0.1, 0.15) is 5.84 Å². The Morgan fingerprint density at radius 2 is 2.00 bits per heavy atom. The lowest BCUT2D eigenvalue weighted by Gasteiger charge is -2.10. The first-order valence-electron chi connectivity index (χ1n) is 4.97. The number of nitrogens with two attached hydrogens (primary N) is 1. The number of hydrogen-bond donors (Lipinski definition) is 3. The fourth-order valence-electron chi connectivity index (χ4n) is 1.02. The van der Waals surface area contributed by atoms with E-state index in [0.717, 1.165) is 5.69 Å². The van der Waals surface area contributed by atoms with Gasteiger partial charge >= 0.3 is 0 Å². The molecule has 0 bridgehead atoms. The predicted molar refractivity (Wildman–Crippen MR) is 68.0 cm³/mol. The van der Waals surface area contributed by atoms with E-state index in [-0.39, 0.29) is 5.96 Å². The van der Waals surface area contributed by atoms with E-state index in [4.69, 9.17) is 11.1 Å². The molecule has 1 aromatic carbocycles. The Morgan fingerprint density at radius 3 is 2.56 bits per heavy atom. The molecule has 1 aromatic rings. The van der Waals surface area contributed by atoms with Gasteiger partial charge in [0.15, 0.2) is 0 Å². The number of nitrogens with zero attached hydrogens (tertiary/aromatic N) is 2. The Balaban J connectivity index is 2.47. The topological polar surface area (TPSA) is 77.5 Å². The molecule has 0 saturated heterocycles. The normalized spacial score (nSPS) is 11.0.